The van der Waals surface area contributed by atoms with Crippen LogP contribution >= 0.6 is 24.0 Å². The van der Waals surface area contributed by atoms with Crippen molar-refractivity contribution in [1.29, 1.82) is 0 Å². The highest BCUT2D eigenvalue weighted by Gasteiger charge is 2.31. The van der Waals surface area contributed by atoms with Crippen molar-refractivity contribution in [2.45, 2.75) is 53.1 Å². The molecule has 2 atom stereocenters. The van der Waals surface area contributed by atoms with Gasteiger partial charge in [-0.2, -0.15) is 4.98 Å². The quantitative estimate of drug-likeness (QED) is 0.391. The number of likely N-dealkylation sites (tertiary alicyclic amines) is 1. The van der Waals surface area contributed by atoms with E-state index in [9.17, 15) is 0 Å². The second kappa shape index (κ2) is 10.2. The molecule has 2 heterocycles. The highest BCUT2D eigenvalue weighted by Crippen LogP contribution is 2.18. The molecule has 0 saturated carbocycles. The van der Waals surface area contributed by atoms with E-state index in [1.165, 1.54) is 0 Å². The third kappa shape index (κ3) is 6.19. The van der Waals surface area contributed by atoms with Crippen molar-refractivity contribution in [3.63, 3.8) is 0 Å². The summed E-state index contributed by atoms with van der Waals surface area (Å²) in [4.78, 5) is 11.3. The molecule has 8 heteroatoms. The molecule has 1 aromatic heterocycles. The van der Waals surface area contributed by atoms with Gasteiger partial charge in [-0.3, -0.25) is 9.89 Å². The molecule has 24 heavy (non-hydrogen) atoms. The minimum atomic E-state index is 0. The molecule has 0 radical (unpaired) electrons. The minimum Gasteiger partial charge on any atom is -0.357 e. The summed E-state index contributed by atoms with van der Waals surface area (Å²) in [6.45, 7) is 14.4. The predicted molar refractivity (Wildman–Crippen MR) is 107 cm³/mol. The van der Waals surface area contributed by atoms with Gasteiger partial charge in [0.15, 0.2) is 11.8 Å². The molecular formula is C16H31IN6O. The van der Waals surface area contributed by atoms with Crippen molar-refractivity contribution in [2.75, 3.05) is 26.2 Å². The molecule has 1 fully saturated rings. The number of nitrogens with one attached hydrogen (secondary N) is 2. The fraction of sp³-hybridized carbons (Fsp3) is 0.812. The molecule has 1 aliphatic rings. The van der Waals surface area contributed by atoms with Crippen LogP contribution in [0.1, 0.15) is 39.4 Å². The predicted octanol–water partition coefficient (Wildman–Crippen LogP) is 1.82. The molecule has 0 amide bonds. The molecule has 138 valence electrons. The largest absolute Gasteiger partial charge is 0.357 e. The standard InChI is InChI=1S/C16H30N6O.HI/c1-6-17-16(18-8-7-15-19-13(5)21-23-15)20-14-10-22(11(2)3)9-12(14)4;/h11-12,14H,6-10H2,1-5H3,(H2,17,18,20);1H. The van der Waals surface area contributed by atoms with Crippen LogP contribution in [0.15, 0.2) is 9.52 Å². The fourth-order valence-electron chi connectivity index (χ4n) is 2.81. The van der Waals surface area contributed by atoms with E-state index >= 15 is 0 Å². The van der Waals surface area contributed by atoms with Crippen LogP contribution in [0.4, 0.5) is 0 Å². The smallest absolute Gasteiger partial charge is 0.228 e. The summed E-state index contributed by atoms with van der Waals surface area (Å²) in [5, 5.41) is 10.7. The molecule has 2 N–H and O–H groups in total. The van der Waals surface area contributed by atoms with Crippen LogP contribution in [0.3, 0.4) is 0 Å². The van der Waals surface area contributed by atoms with Crippen LogP contribution in [0.2, 0.25) is 0 Å². The van der Waals surface area contributed by atoms with Crippen LogP contribution < -0.4 is 10.6 Å². The van der Waals surface area contributed by atoms with Gasteiger partial charge in [-0.05, 0) is 33.6 Å². The molecule has 2 unspecified atom stereocenters. The SMILES string of the molecule is CCNC(=NCCc1nc(C)no1)NC1CN(C(C)C)CC1C.I. The molecule has 0 bridgehead atoms. The third-order valence-electron chi connectivity index (χ3n) is 4.20. The Morgan fingerprint density at radius 1 is 1.42 bits per heavy atom. The zero-order valence-electron chi connectivity index (χ0n) is 15.4. The second-order valence-electron chi connectivity index (χ2n) is 6.52. The normalized spacial score (nSPS) is 21.8. The van der Waals surface area contributed by atoms with E-state index in [0.29, 0.717) is 42.7 Å². The van der Waals surface area contributed by atoms with Crippen molar-refractivity contribution in [2.24, 2.45) is 10.9 Å². The number of aromatic nitrogens is 2. The lowest BCUT2D eigenvalue weighted by Gasteiger charge is -2.21. The van der Waals surface area contributed by atoms with Crippen molar-refractivity contribution in [3.8, 4) is 0 Å². The van der Waals surface area contributed by atoms with Crippen molar-refractivity contribution in [3.05, 3.63) is 11.7 Å². The van der Waals surface area contributed by atoms with E-state index in [1.807, 2.05) is 6.92 Å². The van der Waals surface area contributed by atoms with E-state index in [4.69, 9.17) is 4.52 Å². The maximum Gasteiger partial charge on any atom is 0.228 e. The Bertz CT molecular complexity index is 518. The van der Waals surface area contributed by atoms with Crippen LogP contribution in [0.5, 0.6) is 0 Å². The van der Waals surface area contributed by atoms with Gasteiger partial charge >= 0.3 is 0 Å². The zero-order chi connectivity index (χ0) is 16.8. The summed E-state index contributed by atoms with van der Waals surface area (Å²) < 4.78 is 5.12. The number of guanidine groups is 1. The summed E-state index contributed by atoms with van der Waals surface area (Å²) in [7, 11) is 0. The Labute approximate surface area is 162 Å². The molecule has 2 rings (SSSR count). The first-order valence-electron chi connectivity index (χ1n) is 8.57. The number of aliphatic imine (C=N–C) groups is 1. The highest BCUT2D eigenvalue weighted by atomic mass is 127. The Hall–Kier alpha value is -0.900. The summed E-state index contributed by atoms with van der Waals surface area (Å²) in [6, 6.07) is 1.02. The van der Waals surface area contributed by atoms with Crippen LogP contribution in [0.25, 0.3) is 0 Å². The van der Waals surface area contributed by atoms with E-state index < -0.39 is 0 Å². The van der Waals surface area contributed by atoms with Crippen LogP contribution in [0, 0.1) is 12.8 Å². The monoisotopic (exact) mass is 450 g/mol. The zero-order valence-corrected chi connectivity index (χ0v) is 17.7. The second-order valence-corrected chi connectivity index (χ2v) is 6.52. The lowest BCUT2D eigenvalue weighted by molar-refractivity contribution is 0.265. The van der Waals surface area contributed by atoms with Crippen LogP contribution in [-0.4, -0.2) is 59.3 Å². The van der Waals surface area contributed by atoms with Crippen molar-refractivity contribution in [1.82, 2.24) is 25.7 Å². The van der Waals surface area contributed by atoms with E-state index in [2.05, 4.69) is 58.4 Å². The van der Waals surface area contributed by atoms with Gasteiger partial charge in [-0.25, -0.2) is 0 Å². The van der Waals surface area contributed by atoms with Gasteiger partial charge in [-0.15, -0.1) is 24.0 Å². The van der Waals surface area contributed by atoms with Gasteiger partial charge in [0, 0.05) is 38.1 Å². The summed E-state index contributed by atoms with van der Waals surface area (Å²) in [6.07, 6.45) is 0.662. The Balaban J connectivity index is 0.00000288. The van der Waals surface area contributed by atoms with Gasteiger partial charge in [0.25, 0.3) is 0 Å². The average Bonchev–Trinajstić information content (AvgIpc) is 3.06. The summed E-state index contributed by atoms with van der Waals surface area (Å²) in [5.41, 5.74) is 0. The lowest BCUT2D eigenvalue weighted by atomic mass is 10.1. The van der Waals surface area contributed by atoms with E-state index in [-0.39, 0.29) is 24.0 Å². The molecule has 0 aliphatic carbocycles. The molecule has 0 aromatic carbocycles. The Morgan fingerprint density at radius 2 is 2.17 bits per heavy atom. The first-order chi connectivity index (χ1) is 11.0. The molecule has 1 aromatic rings. The molecule has 0 spiro atoms. The van der Waals surface area contributed by atoms with Gasteiger partial charge in [0.05, 0.1) is 6.54 Å². The third-order valence-corrected chi connectivity index (χ3v) is 4.20. The molecule has 7 nitrogen and oxygen atoms in total. The van der Waals surface area contributed by atoms with Crippen molar-refractivity contribution >= 4 is 29.9 Å². The van der Waals surface area contributed by atoms with Crippen molar-refractivity contribution < 1.29 is 4.52 Å². The first kappa shape index (κ1) is 21.1. The van der Waals surface area contributed by atoms with Crippen LogP contribution in [-0.2, 0) is 6.42 Å². The van der Waals surface area contributed by atoms with Gasteiger partial charge in [0.1, 0.15) is 0 Å². The number of nitrogens with zero attached hydrogens (tertiary/aromatic N) is 4. The van der Waals surface area contributed by atoms with Gasteiger partial charge < -0.3 is 15.2 Å². The summed E-state index contributed by atoms with van der Waals surface area (Å²) in [5.74, 6) is 2.79. The first-order valence-corrected chi connectivity index (χ1v) is 8.57. The summed E-state index contributed by atoms with van der Waals surface area (Å²) >= 11 is 0. The Kier molecular flexibility index (Phi) is 8.96. The highest BCUT2D eigenvalue weighted by molar-refractivity contribution is 14.0. The minimum absolute atomic E-state index is 0. The Morgan fingerprint density at radius 3 is 2.71 bits per heavy atom. The lowest BCUT2D eigenvalue weighted by Crippen LogP contribution is -2.47. The topological polar surface area (TPSA) is 78.6 Å². The molecule has 1 saturated heterocycles. The number of hydrogen-bond acceptors (Lipinski definition) is 5. The number of halogens is 1. The maximum absolute atomic E-state index is 5.12. The number of aryl methyl sites for hydroxylation is 1. The van der Waals surface area contributed by atoms with Gasteiger partial charge in [0.2, 0.25) is 5.89 Å². The average molecular weight is 450 g/mol. The van der Waals surface area contributed by atoms with E-state index in [1.54, 1.807) is 0 Å². The van der Waals surface area contributed by atoms with E-state index in [0.717, 1.165) is 25.6 Å². The fourth-order valence-corrected chi connectivity index (χ4v) is 2.81. The molecule has 1 aliphatic heterocycles. The molecular weight excluding hydrogens is 419 g/mol. The number of hydrogen-bond donors (Lipinski definition) is 2. The maximum atomic E-state index is 5.12. The number of rotatable bonds is 6. The van der Waals surface area contributed by atoms with Gasteiger partial charge in [-0.1, -0.05) is 12.1 Å².